The molecular weight excluding hydrogens is 271 g/mol. The highest BCUT2D eigenvalue weighted by Crippen LogP contribution is 2.29. The second-order valence-electron chi connectivity index (χ2n) is 4.68. The van der Waals surface area contributed by atoms with Gasteiger partial charge in [-0.2, -0.15) is 13.2 Å². The van der Waals surface area contributed by atoms with Gasteiger partial charge in [-0.25, -0.2) is 4.98 Å². The molecule has 0 radical (unpaired) electrons. The van der Waals surface area contributed by atoms with Crippen LogP contribution in [-0.4, -0.2) is 30.0 Å². The Morgan fingerprint density at radius 2 is 2.20 bits per heavy atom. The average molecular weight is 287 g/mol. The molecule has 1 atom stereocenters. The molecule has 1 unspecified atom stereocenters. The summed E-state index contributed by atoms with van der Waals surface area (Å²) in [7, 11) is 0. The number of carbonyl (C=O) groups excluding carboxylic acids is 1. The first kappa shape index (κ1) is 14.8. The molecule has 1 saturated heterocycles. The van der Waals surface area contributed by atoms with E-state index in [9.17, 15) is 18.0 Å². The number of hydrogen-bond acceptors (Lipinski definition) is 3. The lowest BCUT2D eigenvalue weighted by molar-refractivity contribution is -0.141. The largest absolute Gasteiger partial charge is 0.433 e. The summed E-state index contributed by atoms with van der Waals surface area (Å²) in [6.45, 7) is 3.24. The van der Waals surface area contributed by atoms with Crippen molar-refractivity contribution in [1.29, 1.82) is 0 Å². The predicted molar refractivity (Wildman–Crippen MR) is 68.3 cm³/mol. The highest BCUT2D eigenvalue weighted by Gasteiger charge is 2.34. The third-order valence-corrected chi connectivity index (χ3v) is 3.20. The molecule has 0 saturated carbocycles. The SMILES string of the molecule is CCCNC1CCN(c2ccc(C(F)(F)F)nc2)C1=O. The monoisotopic (exact) mass is 287 g/mol. The quantitative estimate of drug-likeness (QED) is 0.923. The van der Waals surface area contributed by atoms with Gasteiger partial charge in [0.15, 0.2) is 0 Å². The number of amides is 1. The molecule has 110 valence electrons. The summed E-state index contributed by atoms with van der Waals surface area (Å²) in [6, 6.07) is 1.93. The van der Waals surface area contributed by atoms with Gasteiger partial charge >= 0.3 is 6.18 Å². The first-order chi connectivity index (χ1) is 9.43. The smallest absolute Gasteiger partial charge is 0.309 e. The fourth-order valence-electron chi connectivity index (χ4n) is 2.16. The first-order valence-electron chi connectivity index (χ1n) is 6.51. The third-order valence-electron chi connectivity index (χ3n) is 3.20. The first-order valence-corrected chi connectivity index (χ1v) is 6.51. The highest BCUT2D eigenvalue weighted by atomic mass is 19.4. The number of nitrogens with zero attached hydrogens (tertiary/aromatic N) is 2. The zero-order chi connectivity index (χ0) is 14.8. The van der Waals surface area contributed by atoms with Crippen LogP contribution in [-0.2, 0) is 11.0 Å². The van der Waals surface area contributed by atoms with Crippen molar-refractivity contribution >= 4 is 11.6 Å². The van der Waals surface area contributed by atoms with E-state index in [1.54, 1.807) is 0 Å². The average Bonchev–Trinajstić information content (AvgIpc) is 2.77. The van der Waals surface area contributed by atoms with Gasteiger partial charge in [0.05, 0.1) is 17.9 Å². The maximum atomic E-state index is 12.4. The number of halogens is 3. The Bertz CT molecular complexity index is 473. The van der Waals surface area contributed by atoms with Crippen LogP contribution in [0.15, 0.2) is 18.3 Å². The second kappa shape index (κ2) is 5.78. The Hall–Kier alpha value is -1.63. The van der Waals surface area contributed by atoms with Gasteiger partial charge in [0, 0.05) is 6.54 Å². The number of aromatic nitrogens is 1. The molecule has 1 aliphatic rings. The van der Waals surface area contributed by atoms with E-state index in [1.165, 1.54) is 11.0 Å². The molecule has 1 aliphatic heterocycles. The molecule has 4 nitrogen and oxygen atoms in total. The predicted octanol–water partition coefficient (Wildman–Crippen LogP) is 2.21. The molecule has 0 spiro atoms. The van der Waals surface area contributed by atoms with Crippen molar-refractivity contribution < 1.29 is 18.0 Å². The fraction of sp³-hybridized carbons (Fsp3) is 0.538. The Balaban J connectivity index is 2.07. The van der Waals surface area contributed by atoms with Gasteiger partial charge < -0.3 is 10.2 Å². The van der Waals surface area contributed by atoms with Crippen molar-refractivity contribution in [3.05, 3.63) is 24.0 Å². The van der Waals surface area contributed by atoms with Crippen LogP contribution in [0.3, 0.4) is 0 Å². The van der Waals surface area contributed by atoms with E-state index in [-0.39, 0.29) is 11.9 Å². The van der Waals surface area contributed by atoms with Gasteiger partial charge in [0.1, 0.15) is 5.69 Å². The van der Waals surface area contributed by atoms with Crippen LogP contribution < -0.4 is 10.2 Å². The third kappa shape index (κ3) is 3.09. The second-order valence-corrected chi connectivity index (χ2v) is 4.68. The number of pyridine rings is 1. The normalized spacial score (nSPS) is 19.7. The summed E-state index contributed by atoms with van der Waals surface area (Å²) in [5.74, 6) is -0.111. The van der Waals surface area contributed by atoms with Gasteiger partial charge in [-0.05, 0) is 31.5 Å². The van der Waals surface area contributed by atoms with Gasteiger partial charge in [0.2, 0.25) is 5.91 Å². The summed E-state index contributed by atoms with van der Waals surface area (Å²) >= 11 is 0. The number of hydrogen-bond donors (Lipinski definition) is 1. The highest BCUT2D eigenvalue weighted by molar-refractivity contribution is 5.99. The lowest BCUT2D eigenvalue weighted by Gasteiger charge is -2.17. The maximum absolute atomic E-state index is 12.4. The van der Waals surface area contributed by atoms with E-state index in [0.29, 0.717) is 18.7 Å². The maximum Gasteiger partial charge on any atom is 0.433 e. The van der Waals surface area contributed by atoms with E-state index in [2.05, 4.69) is 10.3 Å². The number of anilines is 1. The standard InChI is InChI=1S/C13H16F3N3O/c1-2-6-17-10-5-7-19(12(10)20)9-3-4-11(18-8-9)13(14,15)16/h3-4,8,10,17H,2,5-7H2,1H3. The molecule has 1 amide bonds. The minimum atomic E-state index is -4.46. The molecule has 2 rings (SSSR count). The summed E-state index contributed by atoms with van der Waals surface area (Å²) in [6.07, 6.45) is -1.78. The van der Waals surface area contributed by atoms with E-state index in [4.69, 9.17) is 0 Å². The van der Waals surface area contributed by atoms with E-state index in [0.717, 1.165) is 25.2 Å². The van der Waals surface area contributed by atoms with Crippen molar-refractivity contribution in [2.45, 2.75) is 32.0 Å². The molecule has 7 heteroatoms. The zero-order valence-corrected chi connectivity index (χ0v) is 11.1. The Morgan fingerprint density at radius 1 is 1.45 bits per heavy atom. The van der Waals surface area contributed by atoms with Gasteiger partial charge in [-0.3, -0.25) is 4.79 Å². The lowest BCUT2D eigenvalue weighted by atomic mass is 10.2. The number of carbonyl (C=O) groups is 1. The van der Waals surface area contributed by atoms with Gasteiger partial charge in [-0.1, -0.05) is 6.92 Å². The topological polar surface area (TPSA) is 45.2 Å². The molecule has 1 fully saturated rings. The summed E-state index contributed by atoms with van der Waals surface area (Å²) < 4.78 is 37.3. The lowest BCUT2D eigenvalue weighted by Crippen LogP contribution is -2.38. The summed E-state index contributed by atoms with van der Waals surface area (Å²) in [5.41, 5.74) is -0.544. The number of alkyl halides is 3. The zero-order valence-electron chi connectivity index (χ0n) is 11.1. The van der Waals surface area contributed by atoms with Crippen molar-refractivity contribution in [2.24, 2.45) is 0 Å². The molecule has 0 bridgehead atoms. The van der Waals surface area contributed by atoms with Crippen molar-refractivity contribution in [2.75, 3.05) is 18.0 Å². The molecule has 1 aromatic rings. The van der Waals surface area contributed by atoms with Crippen LogP contribution in [0, 0.1) is 0 Å². The van der Waals surface area contributed by atoms with Gasteiger partial charge in [-0.15, -0.1) is 0 Å². The Kier molecular flexibility index (Phi) is 4.27. The molecule has 0 aromatic carbocycles. The van der Waals surface area contributed by atoms with Crippen molar-refractivity contribution in [1.82, 2.24) is 10.3 Å². The van der Waals surface area contributed by atoms with Crippen LogP contribution in [0.4, 0.5) is 18.9 Å². The molecule has 20 heavy (non-hydrogen) atoms. The van der Waals surface area contributed by atoms with Crippen LogP contribution >= 0.6 is 0 Å². The fourth-order valence-corrected chi connectivity index (χ4v) is 2.16. The van der Waals surface area contributed by atoms with E-state index in [1.807, 2.05) is 6.92 Å². The minimum Gasteiger partial charge on any atom is -0.309 e. The van der Waals surface area contributed by atoms with E-state index < -0.39 is 11.9 Å². The molecule has 1 N–H and O–H groups in total. The number of rotatable bonds is 4. The Morgan fingerprint density at radius 3 is 2.75 bits per heavy atom. The van der Waals surface area contributed by atoms with Crippen molar-refractivity contribution in [3.63, 3.8) is 0 Å². The molecule has 1 aromatic heterocycles. The van der Waals surface area contributed by atoms with E-state index >= 15 is 0 Å². The molecule has 0 aliphatic carbocycles. The summed E-state index contributed by atoms with van der Waals surface area (Å²) in [4.78, 5) is 17.0. The number of nitrogens with one attached hydrogen (secondary N) is 1. The van der Waals surface area contributed by atoms with Crippen LogP contribution in [0.25, 0.3) is 0 Å². The minimum absolute atomic E-state index is 0.111. The van der Waals surface area contributed by atoms with Gasteiger partial charge in [0.25, 0.3) is 0 Å². The summed E-state index contributed by atoms with van der Waals surface area (Å²) in [5, 5.41) is 3.12. The van der Waals surface area contributed by atoms with Crippen molar-refractivity contribution in [3.8, 4) is 0 Å². The Labute approximate surface area is 115 Å². The van der Waals surface area contributed by atoms with Crippen LogP contribution in [0.5, 0.6) is 0 Å². The van der Waals surface area contributed by atoms with Crippen LogP contribution in [0.1, 0.15) is 25.5 Å². The molecule has 2 heterocycles. The van der Waals surface area contributed by atoms with Crippen LogP contribution in [0.2, 0.25) is 0 Å². The molecular formula is C13H16F3N3O.